The number of carbonyl (C=O) groups is 2. The first-order valence-electron chi connectivity index (χ1n) is 8.01. The minimum Gasteiger partial charge on any atom is -0.361 e. The van der Waals surface area contributed by atoms with Crippen molar-refractivity contribution >= 4 is 11.9 Å². The van der Waals surface area contributed by atoms with Crippen molar-refractivity contribution in [2.24, 2.45) is 0 Å². The monoisotopic (exact) mass is 344 g/mol. The summed E-state index contributed by atoms with van der Waals surface area (Å²) in [7, 11) is 5.15. The molecule has 0 aliphatic heterocycles. The Morgan fingerprint density at radius 2 is 1.76 bits per heavy atom. The van der Waals surface area contributed by atoms with E-state index >= 15 is 0 Å². The van der Waals surface area contributed by atoms with E-state index in [0.29, 0.717) is 18.7 Å². The van der Waals surface area contributed by atoms with Crippen LogP contribution in [0, 0.1) is 13.8 Å². The average Bonchev–Trinajstić information content (AvgIpc) is 2.91. The molecular weight excluding hydrogens is 320 g/mol. The van der Waals surface area contributed by atoms with Crippen LogP contribution in [-0.4, -0.2) is 48.0 Å². The van der Waals surface area contributed by atoms with E-state index in [4.69, 9.17) is 4.52 Å². The zero-order valence-electron chi connectivity index (χ0n) is 15.3. The van der Waals surface area contributed by atoms with Gasteiger partial charge in [0.05, 0.1) is 12.2 Å². The maximum atomic E-state index is 12.2. The van der Waals surface area contributed by atoms with Crippen molar-refractivity contribution in [1.82, 2.24) is 20.3 Å². The van der Waals surface area contributed by atoms with E-state index < -0.39 is 0 Å². The quantitative estimate of drug-likeness (QED) is 0.903. The topological polar surface area (TPSA) is 78.7 Å². The fourth-order valence-electron chi connectivity index (χ4n) is 2.37. The van der Waals surface area contributed by atoms with Gasteiger partial charge in [-0.2, -0.15) is 0 Å². The van der Waals surface area contributed by atoms with Crippen molar-refractivity contribution in [2.45, 2.75) is 26.9 Å². The molecule has 2 aromatic rings. The number of urea groups is 1. The lowest BCUT2D eigenvalue weighted by Crippen LogP contribution is -2.36. The van der Waals surface area contributed by atoms with E-state index in [2.05, 4.69) is 10.5 Å². The third-order valence-electron chi connectivity index (χ3n) is 3.97. The Balaban J connectivity index is 1.90. The van der Waals surface area contributed by atoms with Crippen molar-refractivity contribution in [2.75, 3.05) is 21.1 Å². The highest BCUT2D eigenvalue weighted by Crippen LogP contribution is 2.14. The molecule has 0 aliphatic carbocycles. The molecule has 7 nitrogen and oxygen atoms in total. The van der Waals surface area contributed by atoms with Crippen LogP contribution in [0.4, 0.5) is 4.79 Å². The van der Waals surface area contributed by atoms with Crippen LogP contribution < -0.4 is 5.32 Å². The zero-order valence-corrected chi connectivity index (χ0v) is 15.3. The first-order valence-corrected chi connectivity index (χ1v) is 8.01. The van der Waals surface area contributed by atoms with Crippen LogP contribution in [0.25, 0.3) is 0 Å². The van der Waals surface area contributed by atoms with Crippen LogP contribution in [0.2, 0.25) is 0 Å². The molecular formula is C18H24N4O3. The Morgan fingerprint density at radius 1 is 1.12 bits per heavy atom. The minimum atomic E-state index is -0.187. The lowest BCUT2D eigenvalue weighted by molar-refractivity contribution is 0.0827. The van der Waals surface area contributed by atoms with Gasteiger partial charge in [0.2, 0.25) is 0 Å². The minimum absolute atomic E-state index is 0.0465. The number of hydrogen-bond acceptors (Lipinski definition) is 4. The van der Waals surface area contributed by atoms with Gasteiger partial charge in [0.15, 0.2) is 0 Å². The molecule has 0 spiro atoms. The number of benzene rings is 1. The van der Waals surface area contributed by atoms with E-state index in [1.54, 1.807) is 38.2 Å². The van der Waals surface area contributed by atoms with Gasteiger partial charge in [0, 0.05) is 38.8 Å². The van der Waals surface area contributed by atoms with Gasteiger partial charge in [-0.05, 0) is 31.5 Å². The molecule has 1 heterocycles. The van der Waals surface area contributed by atoms with Crippen LogP contribution >= 0.6 is 0 Å². The molecule has 7 heteroatoms. The number of rotatable bonds is 5. The highest BCUT2D eigenvalue weighted by atomic mass is 16.5. The number of nitrogens with one attached hydrogen (secondary N) is 1. The Kier molecular flexibility index (Phi) is 5.80. The third-order valence-corrected chi connectivity index (χ3v) is 3.97. The maximum Gasteiger partial charge on any atom is 0.317 e. The summed E-state index contributed by atoms with van der Waals surface area (Å²) in [5, 5.41) is 6.75. The Bertz CT molecular complexity index is 731. The zero-order chi connectivity index (χ0) is 18.6. The number of hydrogen-bond donors (Lipinski definition) is 1. The maximum absolute atomic E-state index is 12.2. The summed E-state index contributed by atoms with van der Waals surface area (Å²) in [6, 6.07) is 7.01. The van der Waals surface area contributed by atoms with Gasteiger partial charge in [-0.15, -0.1) is 0 Å². The molecule has 0 saturated heterocycles. The van der Waals surface area contributed by atoms with Gasteiger partial charge in [0.1, 0.15) is 5.76 Å². The van der Waals surface area contributed by atoms with Crippen LogP contribution in [0.3, 0.4) is 0 Å². The molecule has 0 bridgehead atoms. The van der Waals surface area contributed by atoms with Crippen molar-refractivity contribution in [3.05, 3.63) is 52.4 Å². The number of nitrogens with zero attached hydrogens (tertiary/aromatic N) is 3. The Labute approximate surface area is 147 Å². The summed E-state index contributed by atoms with van der Waals surface area (Å²) in [6.07, 6.45) is 0. The summed E-state index contributed by atoms with van der Waals surface area (Å²) >= 11 is 0. The summed E-state index contributed by atoms with van der Waals surface area (Å²) in [5.41, 5.74) is 3.26. The predicted molar refractivity (Wildman–Crippen MR) is 94.1 cm³/mol. The lowest BCUT2D eigenvalue weighted by atomic mass is 10.1. The molecule has 1 N–H and O–H groups in total. The number of amides is 3. The number of carbonyl (C=O) groups excluding carboxylic acids is 2. The largest absolute Gasteiger partial charge is 0.361 e. The van der Waals surface area contributed by atoms with Crippen molar-refractivity contribution in [1.29, 1.82) is 0 Å². The third kappa shape index (κ3) is 4.59. The Hall–Kier alpha value is -2.83. The second-order valence-corrected chi connectivity index (χ2v) is 6.21. The molecule has 134 valence electrons. The van der Waals surface area contributed by atoms with Gasteiger partial charge in [-0.25, -0.2) is 4.79 Å². The first kappa shape index (κ1) is 18.5. The second kappa shape index (κ2) is 7.83. The summed E-state index contributed by atoms with van der Waals surface area (Å²) in [6.45, 7) is 4.51. The highest BCUT2D eigenvalue weighted by Gasteiger charge is 2.15. The SMILES string of the molecule is Cc1noc(C)c1CN(C)C(=O)NCc1ccc(C(=O)N(C)C)cc1. The van der Waals surface area contributed by atoms with Crippen molar-refractivity contribution < 1.29 is 14.1 Å². The van der Waals surface area contributed by atoms with Crippen molar-refractivity contribution in [3.8, 4) is 0 Å². The van der Waals surface area contributed by atoms with Gasteiger partial charge >= 0.3 is 6.03 Å². The number of aryl methyl sites for hydroxylation is 2. The van der Waals surface area contributed by atoms with Crippen molar-refractivity contribution in [3.63, 3.8) is 0 Å². The lowest BCUT2D eigenvalue weighted by Gasteiger charge is -2.18. The molecule has 0 aliphatic rings. The van der Waals surface area contributed by atoms with E-state index in [9.17, 15) is 9.59 Å². The van der Waals surface area contributed by atoms with Crippen LogP contribution in [-0.2, 0) is 13.1 Å². The van der Waals surface area contributed by atoms with Crippen LogP contribution in [0.1, 0.15) is 32.9 Å². The van der Waals surface area contributed by atoms with Gasteiger partial charge in [-0.1, -0.05) is 17.3 Å². The molecule has 0 fully saturated rings. The van der Waals surface area contributed by atoms with E-state index in [1.165, 1.54) is 4.90 Å². The fourth-order valence-corrected chi connectivity index (χ4v) is 2.37. The first-order chi connectivity index (χ1) is 11.8. The average molecular weight is 344 g/mol. The van der Waals surface area contributed by atoms with Crippen LogP contribution in [0.5, 0.6) is 0 Å². The predicted octanol–water partition coefficient (Wildman–Crippen LogP) is 2.33. The van der Waals surface area contributed by atoms with Gasteiger partial charge in [-0.3, -0.25) is 4.79 Å². The van der Waals surface area contributed by atoms with E-state index in [0.717, 1.165) is 22.6 Å². The van der Waals surface area contributed by atoms with Crippen LogP contribution in [0.15, 0.2) is 28.8 Å². The molecule has 0 unspecified atom stereocenters. The van der Waals surface area contributed by atoms with E-state index in [-0.39, 0.29) is 11.9 Å². The molecule has 1 aromatic carbocycles. The molecule has 0 radical (unpaired) electrons. The van der Waals surface area contributed by atoms with Gasteiger partial charge < -0.3 is 19.6 Å². The molecule has 0 saturated carbocycles. The molecule has 25 heavy (non-hydrogen) atoms. The molecule has 0 atom stereocenters. The smallest absolute Gasteiger partial charge is 0.317 e. The van der Waals surface area contributed by atoms with Gasteiger partial charge in [0.25, 0.3) is 5.91 Å². The second-order valence-electron chi connectivity index (χ2n) is 6.21. The standard InChI is InChI=1S/C18H24N4O3/c1-12-16(13(2)25-20-12)11-22(5)18(24)19-10-14-6-8-15(9-7-14)17(23)21(3)4/h6-9H,10-11H2,1-5H3,(H,19,24). The van der Waals surface area contributed by atoms with E-state index in [1.807, 2.05) is 26.0 Å². The molecule has 1 aromatic heterocycles. The fraction of sp³-hybridized carbons (Fsp3) is 0.389. The highest BCUT2D eigenvalue weighted by molar-refractivity contribution is 5.93. The normalized spacial score (nSPS) is 10.4. The summed E-state index contributed by atoms with van der Waals surface area (Å²) in [5.74, 6) is 0.674. The summed E-state index contributed by atoms with van der Waals surface area (Å²) in [4.78, 5) is 27.2. The Morgan fingerprint density at radius 3 is 2.28 bits per heavy atom. The molecule has 3 amide bonds. The molecule has 2 rings (SSSR count). The number of aromatic nitrogens is 1. The summed E-state index contributed by atoms with van der Waals surface area (Å²) < 4.78 is 5.11.